The second-order valence-corrected chi connectivity index (χ2v) is 7.10. The van der Waals surface area contributed by atoms with Crippen molar-refractivity contribution in [1.29, 1.82) is 0 Å². The Bertz CT molecular complexity index is 451. The molecular formula is C16H29N5. The molecule has 0 spiro atoms. The van der Waals surface area contributed by atoms with Gasteiger partial charge in [-0.25, -0.2) is 9.67 Å². The molecule has 1 saturated carbocycles. The maximum atomic E-state index is 4.51. The van der Waals surface area contributed by atoms with Gasteiger partial charge in [0.2, 0.25) is 0 Å². The van der Waals surface area contributed by atoms with Gasteiger partial charge in [0.25, 0.3) is 0 Å². The molecular weight excluding hydrogens is 262 g/mol. The summed E-state index contributed by atoms with van der Waals surface area (Å²) in [6.07, 6.45) is 5.72. The fourth-order valence-corrected chi connectivity index (χ4v) is 3.38. The minimum Gasteiger partial charge on any atom is -0.311 e. The summed E-state index contributed by atoms with van der Waals surface area (Å²) in [7, 11) is 0. The third-order valence-electron chi connectivity index (χ3n) is 4.80. The van der Waals surface area contributed by atoms with Crippen molar-refractivity contribution in [2.75, 3.05) is 13.1 Å². The Morgan fingerprint density at radius 2 is 2.19 bits per heavy atom. The van der Waals surface area contributed by atoms with Crippen LogP contribution in [0.4, 0.5) is 0 Å². The molecule has 0 amide bonds. The molecule has 5 nitrogen and oxygen atoms in total. The summed E-state index contributed by atoms with van der Waals surface area (Å²) in [6, 6.07) is 1.32. The SMILES string of the molecule is CCC1CNC(C2CC2)CN1Cc1ncnn1CC(C)C. The Balaban J connectivity index is 1.67. The highest BCUT2D eigenvalue weighted by Gasteiger charge is 2.37. The topological polar surface area (TPSA) is 46.0 Å². The normalized spacial score (nSPS) is 27.4. The summed E-state index contributed by atoms with van der Waals surface area (Å²) in [5.74, 6) is 2.65. The summed E-state index contributed by atoms with van der Waals surface area (Å²) < 4.78 is 2.09. The molecule has 1 saturated heterocycles. The minimum atomic E-state index is 0.606. The molecule has 2 atom stereocenters. The van der Waals surface area contributed by atoms with Crippen LogP contribution in [0.2, 0.25) is 0 Å². The van der Waals surface area contributed by atoms with E-state index in [1.807, 2.05) is 0 Å². The number of rotatable bonds is 6. The first-order chi connectivity index (χ1) is 10.2. The molecule has 0 radical (unpaired) electrons. The largest absolute Gasteiger partial charge is 0.311 e. The molecule has 2 heterocycles. The Labute approximate surface area is 128 Å². The lowest BCUT2D eigenvalue weighted by Gasteiger charge is -2.40. The van der Waals surface area contributed by atoms with Crippen LogP contribution in [0.15, 0.2) is 6.33 Å². The van der Waals surface area contributed by atoms with Crippen LogP contribution in [0.25, 0.3) is 0 Å². The predicted octanol–water partition coefficient (Wildman–Crippen LogP) is 1.90. The molecule has 21 heavy (non-hydrogen) atoms. The van der Waals surface area contributed by atoms with Gasteiger partial charge < -0.3 is 5.32 Å². The van der Waals surface area contributed by atoms with Crippen molar-refractivity contribution in [3.05, 3.63) is 12.2 Å². The molecule has 1 aliphatic heterocycles. The van der Waals surface area contributed by atoms with Crippen molar-refractivity contribution in [2.24, 2.45) is 11.8 Å². The molecule has 1 aliphatic carbocycles. The standard InChI is InChI=1S/C16H29N5/c1-4-14-7-17-15(13-5-6-13)9-20(14)10-16-18-11-19-21(16)8-12(2)3/h11-15,17H,4-10H2,1-3H3. The van der Waals surface area contributed by atoms with Crippen LogP contribution in [0.1, 0.15) is 45.9 Å². The molecule has 1 aromatic rings. The monoisotopic (exact) mass is 291 g/mol. The second-order valence-electron chi connectivity index (χ2n) is 7.10. The fraction of sp³-hybridized carbons (Fsp3) is 0.875. The molecule has 3 rings (SSSR count). The molecule has 2 aliphatic rings. The van der Waals surface area contributed by atoms with Crippen molar-refractivity contribution in [3.8, 4) is 0 Å². The van der Waals surface area contributed by atoms with Crippen molar-refractivity contribution in [2.45, 2.75) is 65.2 Å². The first-order valence-electron chi connectivity index (χ1n) is 8.51. The molecule has 2 fully saturated rings. The Kier molecular flexibility index (Phi) is 4.60. The van der Waals surface area contributed by atoms with Gasteiger partial charge in [-0.05, 0) is 31.1 Å². The zero-order valence-corrected chi connectivity index (χ0v) is 13.6. The lowest BCUT2D eigenvalue weighted by Crippen LogP contribution is -2.56. The molecule has 5 heteroatoms. The average Bonchev–Trinajstić information content (AvgIpc) is 3.22. The maximum Gasteiger partial charge on any atom is 0.141 e. The number of aromatic nitrogens is 3. The first-order valence-corrected chi connectivity index (χ1v) is 8.51. The van der Waals surface area contributed by atoms with Gasteiger partial charge in [-0.1, -0.05) is 20.8 Å². The van der Waals surface area contributed by atoms with E-state index in [0.717, 1.165) is 37.9 Å². The summed E-state index contributed by atoms with van der Waals surface area (Å²) in [5, 5.41) is 8.16. The van der Waals surface area contributed by atoms with Crippen molar-refractivity contribution < 1.29 is 0 Å². The molecule has 0 bridgehead atoms. The number of hydrogen-bond donors (Lipinski definition) is 1. The fourth-order valence-electron chi connectivity index (χ4n) is 3.38. The minimum absolute atomic E-state index is 0.606. The van der Waals surface area contributed by atoms with E-state index in [-0.39, 0.29) is 0 Å². The number of nitrogens with one attached hydrogen (secondary N) is 1. The third-order valence-corrected chi connectivity index (χ3v) is 4.80. The third kappa shape index (κ3) is 3.64. The van der Waals surface area contributed by atoms with Crippen LogP contribution < -0.4 is 5.32 Å². The van der Waals surface area contributed by atoms with Crippen LogP contribution in [0.3, 0.4) is 0 Å². The predicted molar refractivity (Wildman–Crippen MR) is 83.9 cm³/mol. The molecule has 2 unspecified atom stereocenters. The van der Waals surface area contributed by atoms with Gasteiger partial charge in [0, 0.05) is 31.7 Å². The van der Waals surface area contributed by atoms with Gasteiger partial charge in [-0.15, -0.1) is 0 Å². The van der Waals surface area contributed by atoms with Crippen LogP contribution in [0, 0.1) is 11.8 Å². The van der Waals surface area contributed by atoms with Crippen molar-refractivity contribution >= 4 is 0 Å². The van der Waals surface area contributed by atoms with Gasteiger partial charge in [0.1, 0.15) is 12.2 Å². The van der Waals surface area contributed by atoms with Gasteiger partial charge in [0.05, 0.1) is 6.54 Å². The van der Waals surface area contributed by atoms with E-state index in [9.17, 15) is 0 Å². The Hall–Kier alpha value is -0.940. The smallest absolute Gasteiger partial charge is 0.141 e. The van der Waals surface area contributed by atoms with E-state index in [1.165, 1.54) is 19.3 Å². The van der Waals surface area contributed by atoms with Crippen LogP contribution in [-0.2, 0) is 13.1 Å². The van der Waals surface area contributed by atoms with E-state index in [0.29, 0.717) is 18.0 Å². The zero-order valence-electron chi connectivity index (χ0n) is 13.6. The van der Waals surface area contributed by atoms with Crippen LogP contribution >= 0.6 is 0 Å². The summed E-state index contributed by atoms with van der Waals surface area (Å²) in [5.41, 5.74) is 0. The highest BCUT2D eigenvalue weighted by molar-refractivity contribution is 4.96. The van der Waals surface area contributed by atoms with Crippen molar-refractivity contribution in [3.63, 3.8) is 0 Å². The Morgan fingerprint density at radius 1 is 1.38 bits per heavy atom. The summed E-state index contributed by atoms with van der Waals surface area (Å²) in [6.45, 7) is 10.9. The van der Waals surface area contributed by atoms with E-state index in [2.05, 4.69) is 45.8 Å². The van der Waals surface area contributed by atoms with Gasteiger partial charge in [-0.2, -0.15) is 5.10 Å². The van der Waals surface area contributed by atoms with E-state index in [4.69, 9.17) is 0 Å². The number of nitrogens with zero attached hydrogens (tertiary/aromatic N) is 4. The summed E-state index contributed by atoms with van der Waals surface area (Å²) >= 11 is 0. The quantitative estimate of drug-likeness (QED) is 0.869. The van der Waals surface area contributed by atoms with Gasteiger partial charge >= 0.3 is 0 Å². The Morgan fingerprint density at radius 3 is 2.86 bits per heavy atom. The average molecular weight is 291 g/mol. The first kappa shape index (κ1) is 15.0. The van der Waals surface area contributed by atoms with Crippen LogP contribution in [0.5, 0.6) is 0 Å². The number of hydrogen-bond acceptors (Lipinski definition) is 4. The number of piperazine rings is 1. The van der Waals surface area contributed by atoms with E-state index < -0.39 is 0 Å². The van der Waals surface area contributed by atoms with E-state index in [1.54, 1.807) is 6.33 Å². The highest BCUT2D eigenvalue weighted by atomic mass is 15.4. The molecule has 1 aromatic heterocycles. The molecule has 1 N–H and O–H groups in total. The molecule has 0 aromatic carbocycles. The van der Waals surface area contributed by atoms with E-state index >= 15 is 0 Å². The van der Waals surface area contributed by atoms with Crippen molar-refractivity contribution in [1.82, 2.24) is 25.0 Å². The van der Waals surface area contributed by atoms with Gasteiger partial charge in [-0.3, -0.25) is 4.90 Å². The second kappa shape index (κ2) is 6.44. The van der Waals surface area contributed by atoms with Crippen LogP contribution in [-0.4, -0.2) is 44.8 Å². The lowest BCUT2D eigenvalue weighted by molar-refractivity contribution is 0.107. The summed E-state index contributed by atoms with van der Waals surface area (Å²) in [4.78, 5) is 7.13. The maximum absolute atomic E-state index is 4.51. The molecule has 118 valence electrons. The lowest BCUT2D eigenvalue weighted by atomic mass is 10.0. The zero-order chi connectivity index (χ0) is 14.8. The highest BCUT2D eigenvalue weighted by Crippen LogP contribution is 2.34. The van der Waals surface area contributed by atoms with Gasteiger partial charge in [0.15, 0.2) is 0 Å².